The van der Waals surface area contributed by atoms with Gasteiger partial charge >= 0.3 is 0 Å². The fourth-order valence-corrected chi connectivity index (χ4v) is 2.01. The fraction of sp³-hybridized carbons (Fsp3) is 0.385. The molecule has 86 valence electrons. The summed E-state index contributed by atoms with van der Waals surface area (Å²) in [6.07, 6.45) is 7.60. The average Bonchev–Trinajstić information content (AvgIpc) is 2.33. The molecule has 0 radical (unpaired) electrons. The van der Waals surface area contributed by atoms with E-state index in [0.29, 0.717) is 6.04 Å². The maximum Gasteiger partial charge on any atom is 0.160 e. The maximum absolute atomic E-state index is 13.1. The Kier molecular flexibility index (Phi) is 3.22. The first-order valence-electron chi connectivity index (χ1n) is 5.53. The summed E-state index contributed by atoms with van der Waals surface area (Å²) >= 11 is 0. The van der Waals surface area contributed by atoms with Crippen LogP contribution in [0.3, 0.4) is 0 Å². The van der Waals surface area contributed by atoms with Crippen molar-refractivity contribution in [2.24, 2.45) is 0 Å². The van der Waals surface area contributed by atoms with Crippen molar-refractivity contribution >= 4 is 5.69 Å². The lowest BCUT2D eigenvalue weighted by Gasteiger charge is -2.29. The molecular weight excluding hydrogens is 208 g/mol. The summed E-state index contributed by atoms with van der Waals surface area (Å²) < 4.78 is 25.9. The van der Waals surface area contributed by atoms with Crippen LogP contribution in [0.4, 0.5) is 14.5 Å². The van der Waals surface area contributed by atoms with Gasteiger partial charge in [0.15, 0.2) is 11.6 Å². The minimum atomic E-state index is -0.795. The Bertz CT molecular complexity index is 401. The second-order valence-corrected chi connectivity index (χ2v) is 4.14. The first-order valence-corrected chi connectivity index (χ1v) is 5.53. The molecular formula is C13H15F2N. The molecule has 1 atom stereocenters. The molecule has 0 N–H and O–H groups in total. The van der Waals surface area contributed by atoms with Crippen LogP contribution >= 0.6 is 0 Å². The van der Waals surface area contributed by atoms with Crippen molar-refractivity contribution in [3.8, 4) is 0 Å². The van der Waals surface area contributed by atoms with Gasteiger partial charge in [-0.25, -0.2) is 8.78 Å². The van der Waals surface area contributed by atoms with Gasteiger partial charge in [-0.05, 0) is 31.4 Å². The summed E-state index contributed by atoms with van der Waals surface area (Å²) in [5.41, 5.74) is 0.718. The van der Waals surface area contributed by atoms with E-state index in [0.717, 1.165) is 24.9 Å². The van der Waals surface area contributed by atoms with Gasteiger partial charge in [0.2, 0.25) is 0 Å². The Morgan fingerprint density at radius 3 is 2.69 bits per heavy atom. The Morgan fingerprint density at radius 2 is 2.06 bits per heavy atom. The molecule has 0 spiro atoms. The molecule has 0 saturated carbocycles. The zero-order valence-electron chi connectivity index (χ0n) is 9.29. The number of benzene rings is 1. The molecule has 1 unspecified atom stereocenters. The van der Waals surface area contributed by atoms with Crippen LogP contribution in [-0.4, -0.2) is 13.1 Å². The van der Waals surface area contributed by atoms with Crippen LogP contribution < -0.4 is 4.90 Å². The van der Waals surface area contributed by atoms with Gasteiger partial charge in [0, 0.05) is 24.8 Å². The van der Waals surface area contributed by atoms with E-state index >= 15 is 0 Å². The molecule has 1 aliphatic rings. The standard InChI is InChI=1S/C13H15F2N/c1-16(10-5-3-2-4-6-10)11-7-8-12(14)13(15)9-11/h3,5,7-10H,2,4,6H2,1H3. The molecule has 0 aromatic heterocycles. The van der Waals surface area contributed by atoms with E-state index in [1.165, 1.54) is 12.1 Å². The predicted molar refractivity (Wildman–Crippen MR) is 61.5 cm³/mol. The topological polar surface area (TPSA) is 3.24 Å². The number of hydrogen-bond acceptors (Lipinski definition) is 1. The molecule has 1 aromatic rings. The van der Waals surface area contributed by atoms with Gasteiger partial charge in [-0.15, -0.1) is 0 Å². The number of halogens is 2. The van der Waals surface area contributed by atoms with Gasteiger partial charge in [-0.2, -0.15) is 0 Å². The third-order valence-electron chi connectivity index (χ3n) is 3.04. The lowest BCUT2D eigenvalue weighted by Crippen LogP contribution is -2.31. The van der Waals surface area contributed by atoms with E-state index in [1.807, 2.05) is 11.9 Å². The number of anilines is 1. The minimum absolute atomic E-state index is 0.290. The van der Waals surface area contributed by atoms with Crippen molar-refractivity contribution in [3.05, 3.63) is 42.0 Å². The van der Waals surface area contributed by atoms with E-state index < -0.39 is 11.6 Å². The van der Waals surface area contributed by atoms with E-state index in [1.54, 1.807) is 6.07 Å². The van der Waals surface area contributed by atoms with E-state index in [9.17, 15) is 8.78 Å². The van der Waals surface area contributed by atoms with Crippen LogP contribution in [0.15, 0.2) is 30.4 Å². The van der Waals surface area contributed by atoms with E-state index in [2.05, 4.69) is 12.2 Å². The van der Waals surface area contributed by atoms with Crippen LogP contribution in [0.1, 0.15) is 19.3 Å². The molecule has 0 heterocycles. The summed E-state index contributed by atoms with van der Waals surface area (Å²) in [4.78, 5) is 1.98. The molecule has 16 heavy (non-hydrogen) atoms. The summed E-state index contributed by atoms with van der Waals surface area (Å²) in [5.74, 6) is -1.58. The van der Waals surface area contributed by atoms with Gasteiger partial charge in [-0.3, -0.25) is 0 Å². The van der Waals surface area contributed by atoms with Gasteiger partial charge < -0.3 is 4.90 Å². The molecule has 1 nitrogen and oxygen atoms in total. The van der Waals surface area contributed by atoms with Crippen molar-refractivity contribution in [2.45, 2.75) is 25.3 Å². The lowest BCUT2D eigenvalue weighted by molar-refractivity contribution is 0.507. The van der Waals surface area contributed by atoms with Crippen LogP contribution in [0.2, 0.25) is 0 Å². The third-order valence-corrected chi connectivity index (χ3v) is 3.04. The zero-order chi connectivity index (χ0) is 11.5. The highest BCUT2D eigenvalue weighted by Crippen LogP contribution is 2.23. The minimum Gasteiger partial charge on any atom is -0.368 e. The van der Waals surface area contributed by atoms with Crippen molar-refractivity contribution in [3.63, 3.8) is 0 Å². The Morgan fingerprint density at radius 1 is 1.25 bits per heavy atom. The first kappa shape index (κ1) is 11.1. The van der Waals surface area contributed by atoms with Gasteiger partial charge in [0.25, 0.3) is 0 Å². The SMILES string of the molecule is CN(c1ccc(F)c(F)c1)C1C=CCCC1. The number of likely N-dealkylation sites (N-methyl/N-ethyl adjacent to an activating group) is 1. The van der Waals surface area contributed by atoms with Crippen LogP contribution in [0.25, 0.3) is 0 Å². The van der Waals surface area contributed by atoms with Crippen molar-refractivity contribution in [1.82, 2.24) is 0 Å². The second kappa shape index (κ2) is 4.64. The number of hydrogen-bond donors (Lipinski definition) is 0. The number of allylic oxidation sites excluding steroid dienone is 1. The van der Waals surface area contributed by atoms with E-state index in [4.69, 9.17) is 0 Å². The van der Waals surface area contributed by atoms with Gasteiger partial charge in [0.05, 0.1) is 0 Å². The first-order chi connectivity index (χ1) is 7.68. The highest BCUT2D eigenvalue weighted by atomic mass is 19.2. The Hall–Kier alpha value is -1.38. The largest absolute Gasteiger partial charge is 0.368 e. The average molecular weight is 223 g/mol. The van der Waals surface area contributed by atoms with Gasteiger partial charge in [0.1, 0.15) is 0 Å². The molecule has 3 heteroatoms. The lowest BCUT2D eigenvalue weighted by atomic mass is 10.0. The molecule has 1 aliphatic carbocycles. The molecule has 1 aromatic carbocycles. The highest BCUT2D eigenvalue weighted by molar-refractivity contribution is 5.48. The van der Waals surface area contributed by atoms with Crippen LogP contribution in [0, 0.1) is 11.6 Å². The summed E-state index contributed by atoms with van der Waals surface area (Å²) in [5, 5.41) is 0. The summed E-state index contributed by atoms with van der Waals surface area (Å²) in [7, 11) is 1.91. The molecule has 0 fully saturated rings. The van der Waals surface area contributed by atoms with Crippen LogP contribution in [0.5, 0.6) is 0 Å². The summed E-state index contributed by atoms with van der Waals surface area (Å²) in [6.45, 7) is 0. The highest BCUT2D eigenvalue weighted by Gasteiger charge is 2.15. The molecule has 0 amide bonds. The monoisotopic (exact) mass is 223 g/mol. The van der Waals surface area contributed by atoms with Crippen molar-refractivity contribution < 1.29 is 8.78 Å². The van der Waals surface area contributed by atoms with Crippen molar-refractivity contribution in [1.29, 1.82) is 0 Å². The van der Waals surface area contributed by atoms with Crippen LogP contribution in [-0.2, 0) is 0 Å². The van der Waals surface area contributed by atoms with Gasteiger partial charge in [-0.1, -0.05) is 12.2 Å². The molecule has 2 rings (SSSR count). The smallest absolute Gasteiger partial charge is 0.160 e. The fourth-order valence-electron chi connectivity index (χ4n) is 2.01. The Balaban J connectivity index is 2.19. The summed E-state index contributed by atoms with van der Waals surface area (Å²) in [6, 6.07) is 4.32. The quantitative estimate of drug-likeness (QED) is 0.693. The number of rotatable bonds is 2. The third kappa shape index (κ3) is 2.23. The van der Waals surface area contributed by atoms with Crippen molar-refractivity contribution in [2.75, 3.05) is 11.9 Å². The molecule has 0 bridgehead atoms. The van der Waals surface area contributed by atoms with E-state index in [-0.39, 0.29) is 0 Å². The molecule has 0 aliphatic heterocycles. The maximum atomic E-state index is 13.1. The Labute approximate surface area is 94.4 Å². The zero-order valence-corrected chi connectivity index (χ0v) is 9.29. The normalized spacial score (nSPS) is 19.8. The predicted octanol–water partition coefficient (Wildman–Crippen LogP) is 3.51. The second-order valence-electron chi connectivity index (χ2n) is 4.14. The number of nitrogens with zero attached hydrogens (tertiary/aromatic N) is 1. The molecule has 0 saturated heterocycles.